The summed E-state index contributed by atoms with van der Waals surface area (Å²) < 4.78 is 0. The average molecular weight is 225 g/mol. The SMILES string of the molecule is CC1CCC(O)CC1N1CCCCCC1=O. The van der Waals surface area contributed by atoms with Gasteiger partial charge in [-0.15, -0.1) is 0 Å². The van der Waals surface area contributed by atoms with E-state index in [0.29, 0.717) is 18.2 Å². The summed E-state index contributed by atoms with van der Waals surface area (Å²) in [5, 5.41) is 9.75. The van der Waals surface area contributed by atoms with Gasteiger partial charge in [0.2, 0.25) is 5.91 Å². The van der Waals surface area contributed by atoms with Crippen molar-refractivity contribution < 1.29 is 9.90 Å². The average Bonchev–Trinajstić information content (AvgIpc) is 2.47. The predicted octanol–water partition coefficient (Wildman–Crippen LogP) is 1.94. The Hall–Kier alpha value is -0.570. The van der Waals surface area contributed by atoms with E-state index in [1.54, 1.807) is 0 Å². The summed E-state index contributed by atoms with van der Waals surface area (Å²) in [6.07, 6.45) is 6.59. The normalized spacial score (nSPS) is 37.2. The Balaban J connectivity index is 2.05. The lowest BCUT2D eigenvalue weighted by Crippen LogP contribution is -2.47. The van der Waals surface area contributed by atoms with Gasteiger partial charge in [0.05, 0.1) is 6.10 Å². The van der Waals surface area contributed by atoms with Crippen molar-refractivity contribution in [2.24, 2.45) is 5.92 Å². The van der Waals surface area contributed by atoms with E-state index in [1.807, 2.05) is 0 Å². The smallest absolute Gasteiger partial charge is 0.222 e. The second-order valence-corrected chi connectivity index (χ2v) is 5.41. The van der Waals surface area contributed by atoms with Gasteiger partial charge in [0, 0.05) is 19.0 Å². The molecule has 3 atom stereocenters. The zero-order chi connectivity index (χ0) is 11.5. The lowest BCUT2D eigenvalue weighted by molar-refractivity contribution is -0.135. The highest BCUT2D eigenvalue weighted by molar-refractivity contribution is 5.76. The highest BCUT2D eigenvalue weighted by Gasteiger charge is 2.33. The van der Waals surface area contributed by atoms with Gasteiger partial charge < -0.3 is 10.0 Å². The summed E-state index contributed by atoms with van der Waals surface area (Å²) in [5.74, 6) is 0.855. The standard InChI is InChI=1S/C13H23NO2/c1-10-6-7-11(15)9-12(10)14-8-4-2-3-5-13(14)16/h10-12,15H,2-9H2,1H3. The van der Waals surface area contributed by atoms with E-state index in [0.717, 1.165) is 38.6 Å². The van der Waals surface area contributed by atoms with Crippen LogP contribution in [-0.4, -0.2) is 34.6 Å². The Kier molecular flexibility index (Phi) is 3.85. The number of carbonyl (C=O) groups is 1. The lowest BCUT2D eigenvalue weighted by Gasteiger charge is -2.40. The van der Waals surface area contributed by atoms with Crippen LogP contribution in [0.5, 0.6) is 0 Å². The first kappa shape index (κ1) is 11.9. The molecule has 0 spiro atoms. The fourth-order valence-electron chi connectivity index (χ4n) is 3.07. The van der Waals surface area contributed by atoms with Gasteiger partial charge in [-0.2, -0.15) is 0 Å². The van der Waals surface area contributed by atoms with Gasteiger partial charge in [-0.1, -0.05) is 13.3 Å². The molecule has 92 valence electrons. The lowest BCUT2D eigenvalue weighted by atomic mass is 9.83. The molecule has 0 aromatic rings. The first-order valence-corrected chi connectivity index (χ1v) is 6.66. The van der Waals surface area contributed by atoms with Crippen molar-refractivity contribution in [2.75, 3.05) is 6.54 Å². The summed E-state index contributed by atoms with van der Waals surface area (Å²) in [5.41, 5.74) is 0. The van der Waals surface area contributed by atoms with E-state index in [1.165, 1.54) is 6.42 Å². The second kappa shape index (κ2) is 5.17. The molecule has 2 rings (SSSR count). The molecule has 3 heteroatoms. The Labute approximate surface area is 97.8 Å². The van der Waals surface area contributed by atoms with Crippen LogP contribution in [0.25, 0.3) is 0 Å². The Bertz CT molecular complexity index is 254. The van der Waals surface area contributed by atoms with Gasteiger partial charge >= 0.3 is 0 Å². The van der Waals surface area contributed by atoms with Crippen LogP contribution in [0.2, 0.25) is 0 Å². The molecule has 0 aromatic carbocycles. The zero-order valence-electron chi connectivity index (χ0n) is 10.2. The number of nitrogens with zero attached hydrogens (tertiary/aromatic N) is 1. The number of hydrogen-bond acceptors (Lipinski definition) is 2. The third-order valence-corrected chi connectivity index (χ3v) is 4.14. The van der Waals surface area contributed by atoms with Crippen molar-refractivity contribution in [1.29, 1.82) is 0 Å². The van der Waals surface area contributed by atoms with Gasteiger partial charge in [-0.05, 0) is 38.0 Å². The van der Waals surface area contributed by atoms with Crippen LogP contribution in [0.1, 0.15) is 51.9 Å². The molecule has 3 nitrogen and oxygen atoms in total. The molecule has 1 heterocycles. The summed E-state index contributed by atoms with van der Waals surface area (Å²) in [4.78, 5) is 14.1. The van der Waals surface area contributed by atoms with E-state index in [9.17, 15) is 9.90 Å². The van der Waals surface area contributed by atoms with E-state index in [-0.39, 0.29) is 12.1 Å². The molecule has 1 aliphatic carbocycles. The largest absolute Gasteiger partial charge is 0.393 e. The highest BCUT2D eigenvalue weighted by Crippen LogP contribution is 2.30. The molecule has 0 radical (unpaired) electrons. The Morgan fingerprint density at radius 3 is 2.88 bits per heavy atom. The minimum absolute atomic E-state index is 0.197. The number of rotatable bonds is 1. The molecule has 1 saturated carbocycles. The van der Waals surface area contributed by atoms with Crippen LogP contribution in [0, 0.1) is 5.92 Å². The van der Waals surface area contributed by atoms with Crippen LogP contribution in [0.15, 0.2) is 0 Å². The van der Waals surface area contributed by atoms with E-state index < -0.39 is 0 Å². The molecule has 1 N–H and O–H groups in total. The van der Waals surface area contributed by atoms with Crippen molar-refractivity contribution >= 4 is 5.91 Å². The van der Waals surface area contributed by atoms with Crippen molar-refractivity contribution in [3.8, 4) is 0 Å². The molecule has 0 bridgehead atoms. The minimum atomic E-state index is -0.197. The third kappa shape index (κ3) is 2.57. The maximum absolute atomic E-state index is 12.0. The van der Waals surface area contributed by atoms with E-state index in [4.69, 9.17) is 0 Å². The maximum Gasteiger partial charge on any atom is 0.222 e. The van der Waals surface area contributed by atoms with Gasteiger partial charge in [0.1, 0.15) is 0 Å². The van der Waals surface area contributed by atoms with Crippen molar-refractivity contribution in [1.82, 2.24) is 4.90 Å². The highest BCUT2D eigenvalue weighted by atomic mass is 16.3. The molecule has 3 unspecified atom stereocenters. The van der Waals surface area contributed by atoms with Crippen molar-refractivity contribution in [2.45, 2.75) is 64.0 Å². The minimum Gasteiger partial charge on any atom is -0.393 e. The molecule has 1 saturated heterocycles. The molecular weight excluding hydrogens is 202 g/mol. The summed E-state index contributed by atoms with van der Waals surface area (Å²) in [7, 11) is 0. The third-order valence-electron chi connectivity index (χ3n) is 4.14. The number of carbonyl (C=O) groups excluding carboxylic acids is 1. The molecule has 1 amide bonds. The first-order chi connectivity index (χ1) is 7.68. The first-order valence-electron chi connectivity index (χ1n) is 6.66. The Morgan fingerprint density at radius 2 is 2.06 bits per heavy atom. The van der Waals surface area contributed by atoms with Crippen LogP contribution in [0.3, 0.4) is 0 Å². The quantitative estimate of drug-likeness (QED) is 0.741. The van der Waals surface area contributed by atoms with E-state index in [2.05, 4.69) is 11.8 Å². The number of hydrogen-bond donors (Lipinski definition) is 1. The second-order valence-electron chi connectivity index (χ2n) is 5.41. The van der Waals surface area contributed by atoms with Crippen LogP contribution in [-0.2, 0) is 4.79 Å². The number of amides is 1. The maximum atomic E-state index is 12.0. The molecule has 0 aromatic heterocycles. The summed E-state index contributed by atoms with van der Waals surface area (Å²) >= 11 is 0. The fourth-order valence-corrected chi connectivity index (χ4v) is 3.07. The predicted molar refractivity (Wildman–Crippen MR) is 63.0 cm³/mol. The summed E-state index contributed by atoms with van der Waals surface area (Å²) in [6, 6.07) is 0.286. The van der Waals surface area contributed by atoms with Crippen LogP contribution in [0.4, 0.5) is 0 Å². The molecule has 1 aliphatic heterocycles. The van der Waals surface area contributed by atoms with Gasteiger partial charge in [0.15, 0.2) is 0 Å². The number of likely N-dealkylation sites (tertiary alicyclic amines) is 1. The Morgan fingerprint density at radius 1 is 1.25 bits per heavy atom. The summed E-state index contributed by atoms with van der Waals surface area (Å²) in [6.45, 7) is 3.12. The molecule has 2 aliphatic rings. The van der Waals surface area contributed by atoms with E-state index >= 15 is 0 Å². The topological polar surface area (TPSA) is 40.5 Å². The van der Waals surface area contributed by atoms with Gasteiger partial charge in [0.25, 0.3) is 0 Å². The van der Waals surface area contributed by atoms with Gasteiger partial charge in [-0.3, -0.25) is 4.79 Å². The molecular formula is C13H23NO2. The van der Waals surface area contributed by atoms with Crippen LogP contribution < -0.4 is 0 Å². The monoisotopic (exact) mass is 225 g/mol. The van der Waals surface area contributed by atoms with Crippen molar-refractivity contribution in [3.63, 3.8) is 0 Å². The zero-order valence-corrected chi connectivity index (χ0v) is 10.2. The van der Waals surface area contributed by atoms with Crippen molar-refractivity contribution in [3.05, 3.63) is 0 Å². The molecule has 2 fully saturated rings. The van der Waals surface area contributed by atoms with Crippen LogP contribution >= 0.6 is 0 Å². The fraction of sp³-hybridized carbons (Fsp3) is 0.923. The number of aliphatic hydroxyl groups excluding tert-OH is 1. The molecule has 16 heavy (non-hydrogen) atoms. The van der Waals surface area contributed by atoms with Gasteiger partial charge in [-0.25, -0.2) is 0 Å². The number of aliphatic hydroxyl groups is 1.